The molecule has 3 aromatic heterocycles. The summed E-state index contributed by atoms with van der Waals surface area (Å²) in [5.74, 6) is -0.500. The number of fused-ring (bicyclic) bond motifs is 1. The highest BCUT2D eigenvalue weighted by atomic mass is 32.1. The molecule has 2 N–H and O–H groups in total. The van der Waals surface area contributed by atoms with Crippen molar-refractivity contribution in [1.82, 2.24) is 24.5 Å². The molecule has 4 heterocycles. The van der Waals surface area contributed by atoms with Crippen LogP contribution < -0.4 is 5.73 Å². The Labute approximate surface area is 149 Å². The van der Waals surface area contributed by atoms with E-state index in [-0.39, 0.29) is 6.04 Å². The van der Waals surface area contributed by atoms with Crippen molar-refractivity contribution >= 4 is 22.9 Å². The number of thiazole rings is 1. The molecule has 1 amide bonds. The second-order valence-corrected chi connectivity index (χ2v) is 7.31. The minimum absolute atomic E-state index is 0.237. The monoisotopic (exact) mass is 356 g/mol. The first-order valence-corrected chi connectivity index (χ1v) is 9.28. The smallest absolute Gasteiger partial charge is 0.254 e. The number of amides is 1. The molecule has 0 radical (unpaired) electrons. The van der Waals surface area contributed by atoms with Crippen LogP contribution in [0.2, 0.25) is 0 Å². The molecule has 0 aliphatic carbocycles. The van der Waals surface area contributed by atoms with Crippen LogP contribution in [0.3, 0.4) is 0 Å². The zero-order valence-electron chi connectivity index (χ0n) is 14.1. The number of nitrogens with zero attached hydrogens (tertiary/aromatic N) is 5. The quantitative estimate of drug-likeness (QED) is 0.775. The van der Waals surface area contributed by atoms with Crippen molar-refractivity contribution in [3.05, 3.63) is 45.8 Å². The van der Waals surface area contributed by atoms with Crippen molar-refractivity contribution in [2.24, 2.45) is 5.73 Å². The van der Waals surface area contributed by atoms with E-state index in [1.807, 2.05) is 11.6 Å². The predicted molar refractivity (Wildman–Crippen MR) is 95.4 cm³/mol. The number of nitrogens with two attached hydrogens (primary N) is 1. The fourth-order valence-electron chi connectivity index (χ4n) is 3.51. The second kappa shape index (κ2) is 6.53. The Bertz CT molecular complexity index is 917. The van der Waals surface area contributed by atoms with Crippen LogP contribution in [0.15, 0.2) is 24.0 Å². The summed E-state index contributed by atoms with van der Waals surface area (Å²) in [5, 5.41) is 4.38. The molecule has 1 aliphatic heterocycles. The number of aryl methyl sites for hydroxylation is 1. The van der Waals surface area contributed by atoms with Gasteiger partial charge in [0.15, 0.2) is 5.65 Å². The Balaban J connectivity index is 1.72. The van der Waals surface area contributed by atoms with Crippen molar-refractivity contribution in [2.45, 2.75) is 38.8 Å². The van der Waals surface area contributed by atoms with Crippen molar-refractivity contribution in [3.63, 3.8) is 0 Å². The molecule has 1 fully saturated rings. The normalized spacial score (nSPS) is 18.7. The first kappa shape index (κ1) is 16.2. The van der Waals surface area contributed by atoms with Crippen LogP contribution >= 0.6 is 11.3 Å². The van der Waals surface area contributed by atoms with Crippen LogP contribution in [0.4, 0.5) is 0 Å². The lowest BCUT2D eigenvalue weighted by Gasteiger charge is -2.35. The molecule has 0 spiro atoms. The van der Waals surface area contributed by atoms with Gasteiger partial charge in [0, 0.05) is 17.6 Å². The number of likely N-dealkylation sites (tertiary alicyclic amines) is 1. The van der Waals surface area contributed by atoms with Gasteiger partial charge < -0.3 is 5.73 Å². The van der Waals surface area contributed by atoms with Crippen molar-refractivity contribution in [2.75, 3.05) is 6.54 Å². The summed E-state index contributed by atoms with van der Waals surface area (Å²) in [6, 6.07) is 2.23. The van der Waals surface area contributed by atoms with E-state index in [1.165, 1.54) is 23.9 Å². The molecule has 1 atom stereocenters. The van der Waals surface area contributed by atoms with Gasteiger partial charge in [-0.25, -0.2) is 14.5 Å². The van der Waals surface area contributed by atoms with Gasteiger partial charge in [-0.1, -0.05) is 6.42 Å². The maximum Gasteiger partial charge on any atom is 0.254 e. The number of piperidine rings is 1. The topological polar surface area (TPSA) is 89.4 Å². The third kappa shape index (κ3) is 2.91. The van der Waals surface area contributed by atoms with Gasteiger partial charge in [0.2, 0.25) is 0 Å². The summed E-state index contributed by atoms with van der Waals surface area (Å²) < 4.78 is 1.77. The van der Waals surface area contributed by atoms with Crippen LogP contribution in [-0.2, 0) is 6.54 Å². The Morgan fingerprint density at radius 2 is 2.28 bits per heavy atom. The summed E-state index contributed by atoms with van der Waals surface area (Å²) in [7, 11) is 0. The van der Waals surface area contributed by atoms with Gasteiger partial charge in [0.25, 0.3) is 5.91 Å². The van der Waals surface area contributed by atoms with E-state index in [0.29, 0.717) is 11.2 Å². The van der Waals surface area contributed by atoms with Gasteiger partial charge in [0.1, 0.15) is 5.56 Å². The fraction of sp³-hybridized carbons (Fsp3) is 0.412. The van der Waals surface area contributed by atoms with E-state index in [0.717, 1.165) is 30.9 Å². The van der Waals surface area contributed by atoms with E-state index in [9.17, 15) is 4.79 Å². The highest BCUT2D eigenvalue weighted by molar-refractivity contribution is 7.09. The number of carbonyl (C=O) groups is 1. The first-order valence-electron chi connectivity index (χ1n) is 8.40. The average molecular weight is 356 g/mol. The maximum atomic E-state index is 11.6. The summed E-state index contributed by atoms with van der Waals surface area (Å²) in [4.78, 5) is 24.0. The SMILES string of the molecule is Cc1ncsc1CN1CCCC[C@@H]1c1ccnc2c(C(N)=O)cnn12. The van der Waals surface area contributed by atoms with Gasteiger partial charge in [0.05, 0.1) is 29.1 Å². The first-order chi connectivity index (χ1) is 12.1. The highest BCUT2D eigenvalue weighted by Crippen LogP contribution is 2.33. The van der Waals surface area contributed by atoms with Gasteiger partial charge in [-0.15, -0.1) is 11.3 Å². The summed E-state index contributed by atoms with van der Waals surface area (Å²) in [6.07, 6.45) is 6.67. The largest absolute Gasteiger partial charge is 0.365 e. The molecule has 25 heavy (non-hydrogen) atoms. The summed E-state index contributed by atoms with van der Waals surface area (Å²) in [6.45, 7) is 3.98. The molecular formula is C17H20N6OS. The van der Waals surface area contributed by atoms with Crippen LogP contribution in [0, 0.1) is 6.92 Å². The molecule has 0 saturated carbocycles. The number of hydrogen-bond donors (Lipinski definition) is 1. The highest BCUT2D eigenvalue weighted by Gasteiger charge is 2.28. The number of hydrogen-bond acceptors (Lipinski definition) is 6. The zero-order valence-corrected chi connectivity index (χ0v) is 14.9. The van der Waals surface area contributed by atoms with E-state index >= 15 is 0 Å². The van der Waals surface area contributed by atoms with E-state index in [1.54, 1.807) is 22.0 Å². The zero-order chi connectivity index (χ0) is 17.4. The Morgan fingerprint density at radius 3 is 3.04 bits per heavy atom. The van der Waals surface area contributed by atoms with Crippen molar-refractivity contribution in [1.29, 1.82) is 0 Å². The molecule has 0 bridgehead atoms. The molecule has 0 aromatic carbocycles. The van der Waals surface area contributed by atoms with Crippen molar-refractivity contribution in [3.8, 4) is 0 Å². The molecule has 7 nitrogen and oxygen atoms in total. The minimum atomic E-state index is -0.500. The van der Waals surface area contributed by atoms with Crippen molar-refractivity contribution < 1.29 is 4.79 Å². The Kier molecular flexibility index (Phi) is 4.22. The van der Waals surface area contributed by atoms with E-state index in [4.69, 9.17) is 5.73 Å². The molecule has 1 aliphatic rings. The molecule has 4 rings (SSSR count). The lowest BCUT2D eigenvalue weighted by molar-refractivity contribution is 0.100. The lowest BCUT2D eigenvalue weighted by Crippen LogP contribution is -2.34. The maximum absolute atomic E-state index is 11.6. The third-order valence-corrected chi connectivity index (χ3v) is 5.76. The second-order valence-electron chi connectivity index (χ2n) is 6.37. The van der Waals surface area contributed by atoms with E-state index in [2.05, 4.69) is 26.9 Å². The molecule has 3 aromatic rings. The van der Waals surface area contributed by atoms with Gasteiger partial charge >= 0.3 is 0 Å². The summed E-state index contributed by atoms with van der Waals surface area (Å²) in [5.41, 5.74) is 10.4. The number of aromatic nitrogens is 4. The molecule has 1 saturated heterocycles. The van der Waals surface area contributed by atoms with Crippen LogP contribution in [0.1, 0.15) is 51.9 Å². The number of rotatable bonds is 4. The standard InChI is InChI=1S/C17H20N6OS/c1-11-15(25-10-20-11)9-22-7-3-2-4-13(22)14-5-6-19-17-12(16(18)24)8-21-23(14)17/h5-6,8,10,13H,2-4,7,9H2,1H3,(H2,18,24)/t13-/m1/s1. The summed E-state index contributed by atoms with van der Waals surface area (Å²) >= 11 is 1.70. The van der Waals surface area contributed by atoms with Crippen LogP contribution in [0.25, 0.3) is 5.65 Å². The molecule has 130 valence electrons. The minimum Gasteiger partial charge on any atom is -0.365 e. The lowest BCUT2D eigenvalue weighted by atomic mass is 9.99. The third-order valence-electron chi connectivity index (χ3n) is 4.84. The number of carbonyl (C=O) groups excluding carboxylic acids is 1. The van der Waals surface area contributed by atoms with E-state index < -0.39 is 5.91 Å². The molecule has 8 heteroatoms. The van der Waals surface area contributed by atoms with Gasteiger partial charge in [-0.3, -0.25) is 9.69 Å². The van der Waals surface area contributed by atoms with Gasteiger partial charge in [-0.05, 0) is 32.4 Å². The predicted octanol–water partition coefficient (Wildman–Crippen LogP) is 2.32. The van der Waals surface area contributed by atoms with Crippen LogP contribution in [-0.4, -0.2) is 36.9 Å². The molecule has 0 unspecified atom stereocenters. The van der Waals surface area contributed by atoms with Gasteiger partial charge in [-0.2, -0.15) is 5.10 Å². The Hall–Kier alpha value is -2.32. The fourth-order valence-corrected chi connectivity index (χ4v) is 4.32. The molecular weight excluding hydrogens is 336 g/mol. The number of primary amides is 1. The average Bonchev–Trinajstić information content (AvgIpc) is 3.22. The Morgan fingerprint density at radius 1 is 1.40 bits per heavy atom. The van der Waals surface area contributed by atoms with Crippen LogP contribution in [0.5, 0.6) is 0 Å².